The Morgan fingerprint density at radius 2 is 2.38 bits per heavy atom. The van der Waals surface area contributed by atoms with Gasteiger partial charge in [-0.3, -0.25) is 19.1 Å². The Bertz CT molecular complexity index is 1230. The van der Waals surface area contributed by atoms with Crippen molar-refractivity contribution in [3.8, 4) is 0 Å². The number of aromatic amines is 2. The number of anilines is 1. The number of hydrogen-bond acceptors (Lipinski definition) is 9. The van der Waals surface area contributed by atoms with Gasteiger partial charge in [-0.1, -0.05) is 4.57 Å². The highest BCUT2D eigenvalue weighted by Gasteiger charge is 2.37. The van der Waals surface area contributed by atoms with Crippen LogP contribution in [-0.4, -0.2) is 73.2 Å². The molecule has 0 bridgehead atoms. The van der Waals surface area contributed by atoms with Gasteiger partial charge in [0.1, 0.15) is 12.3 Å². The number of ether oxygens (including phenoxy) is 1. The molecule has 0 spiro atoms. The molecule has 4 rings (SSSR count). The number of carbonyl (C=O) groups is 1. The van der Waals surface area contributed by atoms with Crippen LogP contribution in [0.15, 0.2) is 29.7 Å². The summed E-state index contributed by atoms with van der Waals surface area (Å²) >= 11 is 0. The van der Waals surface area contributed by atoms with Gasteiger partial charge < -0.3 is 25.5 Å². The molecule has 3 aromatic rings. The number of aliphatic hydroxyl groups is 1. The number of H-pyrrole nitrogens is 2. The van der Waals surface area contributed by atoms with Crippen molar-refractivity contribution in [2.24, 2.45) is 0 Å². The first-order valence-corrected chi connectivity index (χ1v) is 10.8. The first-order valence-electron chi connectivity index (χ1n) is 10.3. The van der Waals surface area contributed by atoms with E-state index in [0.717, 1.165) is 0 Å². The van der Waals surface area contributed by atoms with Gasteiger partial charge in [0.05, 0.1) is 30.6 Å². The van der Waals surface area contributed by atoms with E-state index in [-0.39, 0.29) is 42.1 Å². The summed E-state index contributed by atoms with van der Waals surface area (Å²) in [5.41, 5.74) is 0.595. The number of rotatable bonds is 9. The van der Waals surface area contributed by atoms with Gasteiger partial charge in [0.2, 0.25) is 11.9 Å². The first kappa shape index (κ1) is 20.5. The summed E-state index contributed by atoms with van der Waals surface area (Å²) < 4.78 is 25.7. The van der Waals surface area contributed by atoms with E-state index in [1.807, 2.05) is 0 Å². The van der Waals surface area contributed by atoms with Crippen LogP contribution < -0.4 is 16.2 Å². The van der Waals surface area contributed by atoms with E-state index in [9.17, 15) is 19.3 Å². The third-order valence-electron chi connectivity index (χ3n) is 4.85. The van der Waals surface area contributed by atoms with Crippen molar-refractivity contribution < 1.29 is 19.2 Å². The van der Waals surface area contributed by atoms with E-state index in [1.165, 1.54) is 23.3 Å². The maximum absolute atomic E-state index is 12.4. The van der Waals surface area contributed by atoms with Crippen LogP contribution in [0.3, 0.4) is 0 Å². The van der Waals surface area contributed by atoms with Gasteiger partial charge >= 0.3 is 9.68 Å². The van der Waals surface area contributed by atoms with Gasteiger partial charge in [-0.25, -0.2) is 9.97 Å². The lowest BCUT2D eigenvalue weighted by molar-refractivity contribution is -0.116. The highest BCUT2D eigenvalue weighted by atomic mass is 31.1. The maximum atomic E-state index is 12.4. The van der Waals surface area contributed by atoms with Crippen molar-refractivity contribution in [3.63, 3.8) is 0 Å². The Kier molecular flexibility index (Phi) is 6.28. The lowest BCUT2D eigenvalue weighted by Gasteiger charge is -2.13. The second-order valence-electron chi connectivity index (χ2n) is 7.04. The molecule has 0 saturated carbocycles. The van der Waals surface area contributed by atoms with Gasteiger partial charge in [-0.05, 0) is 6.08 Å². The normalized spacial score (nSPS) is 21.7. The minimum atomic E-state index is -2.21. The van der Waals surface area contributed by atoms with Crippen molar-refractivity contribution >= 4 is 37.5 Å². The molecular weight excluding hydrogens is 439 g/mol. The van der Waals surface area contributed by atoms with Gasteiger partial charge in [0.15, 0.2) is 17.3 Å². The monoisotopic (exact) mass is 463 g/mol. The molecule has 32 heavy (non-hydrogen) atoms. The molecule has 1 amide bonds. The molecule has 0 aliphatic carbocycles. The number of amides is 1. The van der Waals surface area contributed by atoms with Gasteiger partial charge in [0, 0.05) is 25.6 Å². The van der Waals surface area contributed by atoms with Gasteiger partial charge in [0.25, 0.3) is 5.56 Å². The van der Waals surface area contributed by atoms with Gasteiger partial charge in [-0.2, -0.15) is 4.98 Å². The summed E-state index contributed by atoms with van der Waals surface area (Å²) in [7, 11) is -2.21. The van der Waals surface area contributed by atoms with Crippen LogP contribution in [0.1, 0.15) is 18.3 Å². The number of nitrogens with zero attached hydrogens (tertiary/aromatic N) is 4. The standard InChI is InChI=1S/C18H21N8O5P/c27-11-5-14(31-12(11)7-32-30)26-9-23-15-16(26)24-18(25-17(15)29)21-4-3-20-13(28)2-1-10-6-19-8-22-10/h1-2,6,8-9,11-12,14,27H,3-5,7H2,(H,19,22)(H,20,28)(H2,21,24,25,29)/p+1/i/hT. The summed E-state index contributed by atoms with van der Waals surface area (Å²) in [4.78, 5) is 42.0. The van der Waals surface area contributed by atoms with Crippen LogP contribution in [0.5, 0.6) is 0 Å². The molecule has 4 atom stereocenters. The lowest BCUT2D eigenvalue weighted by atomic mass is 10.2. The zero-order valence-corrected chi connectivity index (χ0v) is 17.7. The van der Waals surface area contributed by atoms with Crippen LogP contribution in [-0.2, 0) is 14.1 Å². The number of aliphatic hydroxyl groups excluding tert-OH is 1. The molecule has 0 aromatic carbocycles. The van der Waals surface area contributed by atoms with Crippen LogP contribution >= 0.6 is 8.41 Å². The van der Waals surface area contributed by atoms with E-state index in [2.05, 4.69) is 35.6 Å². The summed E-state index contributed by atoms with van der Waals surface area (Å²) in [5, 5.41) is 15.8. The Morgan fingerprint density at radius 1 is 1.50 bits per heavy atom. The van der Waals surface area contributed by atoms with Crippen molar-refractivity contribution in [3.05, 3.63) is 41.0 Å². The summed E-state index contributed by atoms with van der Waals surface area (Å²) in [5.74, 6) is -0.108. The fourth-order valence-corrected chi connectivity index (χ4v) is 3.77. The quantitative estimate of drug-likeness (QED) is 0.163. The molecular formula is C18H22N8O5P+. The number of imidazole rings is 2. The third-order valence-corrected chi connectivity index (χ3v) is 5.36. The van der Waals surface area contributed by atoms with Crippen LogP contribution in [0.2, 0.25) is 0 Å². The van der Waals surface area contributed by atoms with E-state index in [1.54, 1.807) is 12.3 Å². The number of fused-ring (bicyclic) bond motifs is 1. The molecule has 0 radical (unpaired) electrons. The summed E-state index contributed by atoms with van der Waals surface area (Å²) in [6, 6.07) is 0. The number of aromatic nitrogens is 6. The molecule has 13 nitrogen and oxygen atoms in total. The number of hydrogen-bond donors (Lipinski definition) is 5. The predicted molar refractivity (Wildman–Crippen MR) is 116 cm³/mol. The Morgan fingerprint density at radius 3 is 3.16 bits per heavy atom. The van der Waals surface area contributed by atoms with E-state index in [4.69, 9.17) is 6.02 Å². The Hall–Kier alpha value is -3.41. The maximum Gasteiger partial charge on any atom is 0.388 e. The minimum Gasteiger partial charge on any atom is -0.390 e. The highest BCUT2D eigenvalue weighted by molar-refractivity contribution is 7.23. The smallest absolute Gasteiger partial charge is 0.388 e. The third kappa shape index (κ3) is 4.90. The fourth-order valence-electron chi connectivity index (χ4n) is 3.29. The summed E-state index contributed by atoms with van der Waals surface area (Å²) in [6.07, 6.45) is 5.29. The number of nitrogens with one attached hydrogen (secondary N) is 4. The van der Waals surface area contributed by atoms with Crippen molar-refractivity contribution in [1.82, 2.24) is 34.8 Å². The van der Waals surface area contributed by atoms with Crippen LogP contribution in [0.25, 0.3) is 17.2 Å². The number of carbonyl (C=O) groups excluding carboxylic acids is 1. The predicted octanol–water partition coefficient (Wildman–Crippen LogP) is -0.243. The zero-order chi connectivity index (χ0) is 23.4. The highest BCUT2D eigenvalue weighted by Crippen LogP contribution is 2.31. The Balaban J connectivity index is 1.38. The average Bonchev–Trinajstić information content (AvgIpc) is 3.50. The zero-order valence-electron chi connectivity index (χ0n) is 17.8. The van der Waals surface area contributed by atoms with Crippen LogP contribution in [0.4, 0.5) is 5.95 Å². The minimum absolute atomic E-state index is 0.0801. The molecule has 3 aromatic heterocycles. The SMILES string of the molecule is [3H][P+](=O)CC1OC(n2cnc3c(=O)[nH]c(NCCNC(=O)C=Cc4cnc[nH]4)nc32)CC1O. The lowest BCUT2D eigenvalue weighted by Crippen LogP contribution is -2.28. The second-order valence-corrected chi connectivity index (χ2v) is 7.66. The molecule has 1 saturated heterocycles. The van der Waals surface area contributed by atoms with E-state index < -0.39 is 32.4 Å². The van der Waals surface area contributed by atoms with E-state index >= 15 is 0 Å². The molecule has 1 aliphatic heterocycles. The molecule has 1 aliphatic rings. The van der Waals surface area contributed by atoms with Gasteiger partial charge in [-0.15, -0.1) is 0 Å². The van der Waals surface area contributed by atoms with Crippen molar-refractivity contribution in [2.45, 2.75) is 24.9 Å². The van der Waals surface area contributed by atoms with Crippen molar-refractivity contribution in [1.29, 1.82) is 1.28 Å². The molecule has 1 fully saturated rings. The summed E-state index contributed by atoms with van der Waals surface area (Å²) in [6.45, 7) is 0.571. The fraction of sp³-hybridized carbons (Fsp3) is 0.389. The molecule has 14 heteroatoms. The first-order chi connectivity index (χ1) is 15.9. The molecule has 4 heterocycles. The second kappa shape index (κ2) is 9.81. The molecule has 4 unspecified atom stereocenters. The average molecular weight is 463 g/mol. The van der Waals surface area contributed by atoms with Crippen LogP contribution in [0, 0.1) is 0 Å². The topological polar surface area (TPSA) is 180 Å². The van der Waals surface area contributed by atoms with E-state index in [0.29, 0.717) is 12.2 Å². The van der Waals surface area contributed by atoms with Crippen molar-refractivity contribution in [2.75, 3.05) is 24.6 Å². The molecule has 168 valence electrons. The Labute approximate surface area is 183 Å². The molecule has 5 N–H and O–H groups in total. The largest absolute Gasteiger partial charge is 0.390 e.